The van der Waals surface area contributed by atoms with Crippen molar-refractivity contribution in [3.05, 3.63) is 33.4 Å². The minimum atomic E-state index is -0.312. The fraction of sp³-hybridized carbons (Fsp3) is 0.222. The van der Waals surface area contributed by atoms with Gasteiger partial charge in [-0.15, -0.1) is 0 Å². The Hall–Kier alpha value is -2.13. The predicted octanol–water partition coefficient (Wildman–Crippen LogP) is -0.305. The molecule has 0 saturated heterocycles. The van der Waals surface area contributed by atoms with Crippen molar-refractivity contribution >= 4 is 5.65 Å². The van der Waals surface area contributed by atoms with Crippen molar-refractivity contribution in [2.24, 2.45) is 0 Å². The van der Waals surface area contributed by atoms with E-state index in [0.29, 0.717) is 11.3 Å². The maximum atomic E-state index is 11.7. The molecular formula is C9H8N4O2. The lowest BCUT2D eigenvalue weighted by Crippen LogP contribution is -2.20. The average Bonchev–Trinajstić information content (AvgIpc) is 2.66. The molecule has 0 amide bonds. The van der Waals surface area contributed by atoms with E-state index < -0.39 is 0 Å². The molecule has 0 radical (unpaired) electrons. The van der Waals surface area contributed by atoms with Crippen LogP contribution in [0.4, 0.5) is 0 Å². The summed E-state index contributed by atoms with van der Waals surface area (Å²) in [5.74, 6) is 0. The minimum Gasteiger partial charge on any atom is -0.390 e. The first kappa shape index (κ1) is 9.43. The largest absolute Gasteiger partial charge is 0.390 e. The Morgan fingerprint density at radius 2 is 2.47 bits per heavy atom. The van der Waals surface area contributed by atoms with Gasteiger partial charge in [-0.25, -0.2) is 9.50 Å². The number of aromatic amines is 1. The summed E-state index contributed by atoms with van der Waals surface area (Å²) >= 11 is 0. The number of nitriles is 1. The van der Waals surface area contributed by atoms with Gasteiger partial charge in [0, 0.05) is 11.8 Å². The molecule has 0 atom stereocenters. The monoisotopic (exact) mass is 204 g/mol. The molecule has 0 spiro atoms. The zero-order valence-corrected chi connectivity index (χ0v) is 7.98. The van der Waals surface area contributed by atoms with Gasteiger partial charge in [0.2, 0.25) is 0 Å². The number of H-pyrrole nitrogens is 1. The molecule has 2 heterocycles. The molecule has 0 saturated carbocycles. The topological polar surface area (TPSA) is 94.2 Å². The Morgan fingerprint density at radius 1 is 1.73 bits per heavy atom. The van der Waals surface area contributed by atoms with Gasteiger partial charge in [0.15, 0.2) is 5.65 Å². The molecule has 0 unspecified atom stereocenters. The van der Waals surface area contributed by atoms with E-state index in [0.717, 1.165) is 0 Å². The number of hydrogen-bond acceptors (Lipinski definition) is 4. The summed E-state index contributed by atoms with van der Waals surface area (Å²) < 4.78 is 1.19. The van der Waals surface area contributed by atoms with Crippen molar-refractivity contribution in [1.82, 2.24) is 14.6 Å². The van der Waals surface area contributed by atoms with Gasteiger partial charge < -0.3 is 5.11 Å². The third kappa shape index (κ3) is 1.21. The summed E-state index contributed by atoms with van der Waals surface area (Å²) in [5.41, 5.74) is 0.905. The Bertz CT molecular complexity index is 617. The second-order valence-corrected chi connectivity index (χ2v) is 3.10. The molecule has 2 aromatic heterocycles. The summed E-state index contributed by atoms with van der Waals surface area (Å²) in [6.07, 6.45) is 1.41. The van der Waals surface area contributed by atoms with E-state index in [1.807, 2.05) is 6.07 Å². The molecule has 0 aromatic carbocycles. The van der Waals surface area contributed by atoms with E-state index in [4.69, 9.17) is 10.4 Å². The molecule has 0 bridgehead atoms. The number of aliphatic hydroxyl groups excluding tert-OH is 1. The van der Waals surface area contributed by atoms with Crippen molar-refractivity contribution in [2.75, 3.05) is 0 Å². The summed E-state index contributed by atoms with van der Waals surface area (Å²) in [7, 11) is 0. The van der Waals surface area contributed by atoms with E-state index in [1.54, 1.807) is 6.92 Å². The summed E-state index contributed by atoms with van der Waals surface area (Å²) in [6.45, 7) is 1.27. The zero-order chi connectivity index (χ0) is 11.0. The third-order valence-corrected chi connectivity index (χ3v) is 2.26. The zero-order valence-electron chi connectivity index (χ0n) is 7.98. The van der Waals surface area contributed by atoms with Crippen molar-refractivity contribution in [1.29, 1.82) is 5.26 Å². The highest BCUT2D eigenvalue weighted by molar-refractivity contribution is 5.54. The van der Waals surface area contributed by atoms with Gasteiger partial charge in [-0.3, -0.25) is 9.89 Å². The van der Waals surface area contributed by atoms with Gasteiger partial charge in [-0.05, 0) is 6.92 Å². The molecule has 0 aliphatic heterocycles. The molecule has 15 heavy (non-hydrogen) atoms. The van der Waals surface area contributed by atoms with Crippen LogP contribution in [0.2, 0.25) is 0 Å². The number of nitrogens with zero attached hydrogens (tertiary/aromatic N) is 3. The van der Waals surface area contributed by atoms with Crippen molar-refractivity contribution < 1.29 is 5.11 Å². The molecule has 0 aliphatic rings. The second-order valence-electron chi connectivity index (χ2n) is 3.10. The predicted molar refractivity (Wildman–Crippen MR) is 51.2 cm³/mol. The van der Waals surface area contributed by atoms with Crippen LogP contribution in [0, 0.1) is 18.3 Å². The summed E-state index contributed by atoms with van der Waals surface area (Å²) in [4.78, 5) is 15.8. The summed E-state index contributed by atoms with van der Waals surface area (Å²) in [6, 6.07) is 1.91. The van der Waals surface area contributed by atoms with Crippen LogP contribution in [-0.2, 0) is 6.61 Å². The molecule has 6 nitrogen and oxygen atoms in total. The Kier molecular flexibility index (Phi) is 2.02. The lowest BCUT2D eigenvalue weighted by Gasteiger charge is -2.01. The molecule has 2 aromatic rings. The van der Waals surface area contributed by atoms with Gasteiger partial charge in [0.1, 0.15) is 11.6 Å². The quantitative estimate of drug-likeness (QED) is 0.666. The number of hydrogen-bond donors (Lipinski definition) is 2. The lowest BCUT2D eigenvalue weighted by atomic mass is 10.2. The van der Waals surface area contributed by atoms with Crippen LogP contribution in [0.25, 0.3) is 5.65 Å². The van der Waals surface area contributed by atoms with Crippen LogP contribution in [0.1, 0.15) is 16.8 Å². The first-order valence-electron chi connectivity index (χ1n) is 4.29. The second kappa shape index (κ2) is 3.22. The van der Waals surface area contributed by atoms with E-state index in [1.165, 1.54) is 10.7 Å². The highest BCUT2D eigenvalue weighted by Crippen LogP contribution is 2.07. The van der Waals surface area contributed by atoms with Crippen molar-refractivity contribution in [3.8, 4) is 6.07 Å². The van der Waals surface area contributed by atoms with Crippen LogP contribution in [0.3, 0.4) is 0 Å². The van der Waals surface area contributed by atoms with Gasteiger partial charge in [0.05, 0.1) is 12.3 Å². The molecule has 2 N–H and O–H groups in total. The fourth-order valence-electron chi connectivity index (χ4n) is 1.38. The van der Waals surface area contributed by atoms with Gasteiger partial charge in [-0.2, -0.15) is 5.26 Å². The molecule has 0 aliphatic carbocycles. The Labute approximate surface area is 84.4 Å². The average molecular weight is 204 g/mol. The highest BCUT2D eigenvalue weighted by atomic mass is 16.3. The van der Waals surface area contributed by atoms with Gasteiger partial charge >= 0.3 is 0 Å². The van der Waals surface area contributed by atoms with Crippen LogP contribution < -0.4 is 5.56 Å². The third-order valence-electron chi connectivity index (χ3n) is 2.26. The van der Waals surface area contributed by atoms with E-state index in [9.17, 15) is 4.79 Å². The first-order valence-corrected chi connectivity index (χ1v) is 4.29. The van der Waals surface area contributed by atoms with Crippen LogP contribution >= 0.6 is 0 Å². The number of aliphatic hydroxyl groups is 1. The minimum absolute atomic E-state index is 0.247. The van der Waals surface area contributed by atoms with Gasteiger partial charge in [-0.1, -0.05) is 0 Å². The maximum Gasteiger partial charge on any atom is 0.275 e. The van der Waals surface area contributed by atoms with Crippen LogP contribution in [0.5, 0.6) is 0 Å². The van der Waals surface area contributed by atoms with E-state index >= 15 is 0 Å². The molecule has 76 valence electrons. The van der Waals surface area contributed by atoms with Crippen molar-refractivity contribution in [2.45, 2.75) is 13.5 Å². The SMILES string of the molecule is Cc1c(CO)nc2c(C#N)c[nH]n2c1=O. The Balaban J connectivity index is 2.95. The van der Waals surface area contributed by atoms with Crippen LogP contribution in [-0.4, -0.2) is 19.7 Å². The van der Waals surface area contributed by atoms with E-state index in [-0.39, 0.29) is 23.4 Å². The van der Waals surface area contributed by atoms with E-state index in [2.05, 4.69) is 10.1 Å². The number of rotatable bonds is 1. The van der Waals surface area contributed by atoms with Crippen LogP contribution in [0.15, 0.2) is 11.0 Å². The number of aromatic nitrogens is 3. The van der Waals surface area contributed by atoms with Gasteiger partial charge in [0.25, 0.3) is 5.56 Å². The lowest BCUT2D eigenvalue weighted by molar-refractivity contribution is 0.276. The Morgan fingerprint density at radius 3 is 3.07 bits per heavy atom. The molecule has 2 rings (SSSR count). The standard InChI is InChI=1S/C9H8N4O2/c1-5-7(4-14)12-8-6(2-10)3-11-13(8)9(5)15/h3,11,14H,4H2,1H3. The molecular weight excluding hydrogens is 196 g/mol. The summed E-state index contributed by atoms with van der Waals surface area (Å²) in [5, 5.41) is 20.4. The number of fused-ring (bicyclic) bond motifs is 1. The molecule has 6 heteroatoms. The normalized spacial score (nSPS) is 10.5. The smallest absolute Gasteiger partial charge is 0.275 e. The first-order chi connectivity index (χ1) is 7.19. The highest BCUT2D eigenvalue weighted by Gasteiger charge is 2.11. The maximum absolute atomic E-state index is 11.7. The fourth-order valence-corrected chi connectivity index (χ4v) is 1.38. The van der Waals surface area contributed by atoms with Crippen molar-refractivity contribution in [3.63, 3.8) is 0 Å². The molecule has 0 fully saturated rings. The number of nitrogens with one attached hydrogen (secondary N) is 1.